The van der Waals surface area contributed by atoms with E-state index in [-0.39, 0.29) is 255 Å². The molecule has 0 spiro atoms. The minimum Gasteiger partial charge on any atom is -0.744 e. The first-order chi connectivity index (χ1) is 30.2. The molecular weight excluding hydrogens is 1090 g/mol. The number of benzene rings is 4. The Morgan fingerprint density at radius 3 is 1.00 bits per heavy atom. The average Bonchev–Trinajstić information content (AvgIpc) is 3.95. The van der Waals surface area contributed by atoms with Gasteiger partial charge in [0.05, 0.1) is 23.3 Å². The minimum absolute atomic E-state index is 0. The van der Waals surface area contributed by atoms with Crippen LogP contribution in [0, 0.1) is 0 Å². The topological polar surface area (TPSA) is 366 Å². The molecule has 0 saturated heterocycles. The third-order valence-electron chi connectivity index (χ3n) is 9.60. The first-order valence-corrected chi connectivity index (χ1v) is 23.9. The molecule has 3 aromatic heterocycles. The number of aromatic nitrogens is 8. The molecular formula is C40H22GaN8Na4O13S4-2. The number of hydrogen-bond acceptors (Lipinski definition) is 18. The Bertz CT molecular complexity index is 3750. The van der Waals surface area contributed by atoms with Crippen LogP contribution < -0.4 is 128 Å². The summed E-state index contributed by atoms with van der Waals surface area (Å²) >= 11 is 0. The summed E-state index contributed by atoms with van der Waals surface area (Å²) in [5.74, 6) is -0.364. The fourth-order valence-corrected chi connectivity index (χ4v) is 8.39. The van der Waals surface area contributed by atoms with Crippen molar-refractivity contribution in [1.82, 2.24) is 39.9 Å². The molecule has 2 N–H and O–H groups in total. The summed E-state index contributed by atoms with van der Waals surface area (Å²) in [7, 11) is -19.5. The Kier molecular flexibility index (Phi) is 20.9. The van der Waals surface area contributed by atoms with Crippen molar-refractivity contribution in [3.05, 3.63) is 117 Å². The largest absolute Gasteiger partial charge is 1.00 e. The van der Waals surface area contributed by atoms with E-state index in [4.69, 9.17) is 19.9 Å². The van der Waals surface area contributed by atoms with Crippen LogP contribution in [0.15, 0.2) is 94.4 Å². The van der Waals surface area contributed by atoms with Gasteiger partial charge in [-0.15, -0.1) is 0 Å². The Hall–Kier alpha value is -2.56. The van der Waals surface area contributed by atoms with Gasteiger partial charge >= 0.3 is 118 Å². The van der Waals surface area contributed by atoms with Gasteiger partial charge in [0.25, 0.3) is 0 Å². The normalized spacial score (nSPS) is 12.4. The summed E-state index contributed by atoms with van der Waals surface area (Å²) in [5, 5.41) is 2.62. The predicted molar refractivity (Wildman–Crippen MR) is 238 cm³/mol. The first kappa shape index (κ1) is 61.7. The van der Waals surface area contributed by atoms with Crippen molar-refractivity contribution < 1.29 is 176 Å². The van der Waals surface area contributed by atoms with Crippen LogP contribution >= 0.6 is 0 Å². The molecule has 5 heterocycles. The summed E-state index contributed by atoms with van der Waals surface area (Å²) in [6.45, 7) is 0. The number of fused-ring (bicyclic) bond motifs is 20. The molecule has 0 aliphatic carbocycles. The maximum absolute atomic E-state index is 11.7. The molecule has 21 nitrogen and oxygen atoms in total. The number of rotatable bonds is 8. The molecule has 0 fully saturated rings. The van der Waals surface area contributed by atoms with Crippen LogP contribution in [0.4, 0.5) is 0 Å². The molecule has 70 heavy (non-hydrogen) atoms. The molecule has 9 rings (SSSR count). The fourth-order valence-electron chi connectivity index (χ4n) is 7.14. The van der Waals surface area contributed by atoms with Crippen molar-refractivity contribution >= 4 is 129 Å². The summed E-state index contributed by atoms with van der Waals surface area (Å²) in [5.41, 5.74) is 1.12. The fraction of sp³-hybridized carbons (Fsp3) is 0. The zero-order valence-corrected chi connectivity index (χ0v) is 50.4. The van der Waals surface area contributed by atoms with E-state index in [9.17, 15) is 51.9 Å². The third-order valence-corrected chi connectivity index (χ3v) is 11.5. The second-order valence-corrected chi connectivity index (χ2v) is 18.8. The Morgan fingerprint density at radius 1 is 0.386 bits per heavy atom. The van der Waals surface area contributed by atoms with Gasteiger partial charge in [-0.25, -0.2) is 43.6 Å². The quantitative estimate of drug-likeness (QED) is 0.101. The Balaban J connectivity index is 0.00000216. The van der Waals surface area contributed by atoms with Gasteiger partial charge in [-0.2, -0.15) is 0 Å². The van der Waals surface area contributed by atoms with E-state index in [1.54, 1.807) is 24.3 Å². The van der Waals surface area contributed by atoms with E-state index in [1.165, 1.54) is 48.5 Å². The monoisotopic (exact) mass is 1110 g/mol. The number of hydrogen-bond donors (Lipinski definition) is 0. The van der Waals surface area contributed by atoms with Crippen molar-refractivity contribution in [3.8, 4) is 45.6 Å². The van der Waals surface area contributed by atoms with E-state index in [0.717, 1.165) is 24.3 Å². The van der Waals surface area contributed by atoms with Gasteiger partial charge < -0.3 is 53.6 Å². The van der Waals surface area contributed by atoms with Crippen LogP contribution in [0.2, 0.25) is 0 Å². The van der Waals surface area contributed by atoms with Gasteiger partial charge in [-0.1, -0.05) is 72.8 Å². The minimum atomic E-state index is -4.89. The van der Waals surface area contributed by atoms with Gasteiger partial charge in [-0.05, 0) is 57.3 Å². The van der Waals surface area contributed by atoms with E-state index in [2.05, 4.69) is 19.9 Å². The van der Waals surface area contributed by atoms with Crippen molar-refractivity contribution in [2.24, 2.45) is 0 Å². The molecule has 0 amide bonds. The van der Waals surface area contributed by atoms with E-state index in [0.29, 0.717) is 21.6 Å². The summed E-state index contributed by atoms with van der Waals surface area (Å²) < 4.78 is 141. The maximum Gasteiger partial charge on any atom is 1.00 e. The van der Waals surface area contributed by atoms with Crippen LogP contribution in [-0.4, -0.2) is 107 Å². The molecule has 0 unspecified atom stereocenters. The van der Waals surface area contributed by atoms with Crippen molar-refractivity contribution in [2.75, 3.05) is 0 Å². The summed E-state index contributed by atoms with van der Waals surface area (Å²) in [6, 6.07) is 18.3. The van der Waals surface area contributed by atoms with Crippen LogP contribution in [0.1, 0.15) is 22.3 Å². The Morgan fingerprint density at radius 2 is 0.671 bits per heavy atom. The molecule has 2 aliphatic heterocycles. The molecule has 0 atom stereocenters. The second-order valence-electron chi connectivity index (χ2n) is 13.7. The molecule has 3 radical (unpaired) electrons. The van der Waals surface area contributed by atoms with E-state index >= 15 is 0 Å². The SMILES string of the molecule is O.O=S(=O)([O-])/C=C/c1cccc2c1-c1nc-2nc2[n-]c(nc3nc(nc4[n-]c(n1)c1cccc(/C=C/S(=O)(=O)[O-])c41)-c1cccc(/C=C/S(=O)(=O)[O-])c1-3)c1cccc(/C=C/S(=O)(=O)[O-])c21.[Ga].[Na+].[Na+].[Na+].[Na+]. The predicted octanol–water partition coefficient (Wildman–Crippen LogP) is -9.00. The van der Waals surface area contributed by atoms with E-state index in [1.807, 2.05) is 0 Å². The summed E-state index contributed by atoms with van der Waals surface area (Å²) in [6.07, 6.45) is 4.17. The molecule has 0 saturated carbocycles. The van der Waals surface area contributed by atoms with Crippen LogP contribution in [0.3, 0.4) is 0 Å². The van der Waals surface area contributed by atoms with Crippen LogP contribution in [0.5, 0.6) is 0 Å². The van der Waals surface area contributed by atoms with Crippen molar-refractivity contribution in [2.45, 2.75) is 0 Å². The average molecular weight is 1110 g/mol. The number of nitrogens with zero attached hydrogens (tertiary/aromatic N) is 8. The first-order valence-electron chi connectivity index (χ1n) is 18.0. The van der Waals surface area contributed by atoms with Crippen LogP contribution in [0.25, 0.3) is 114 Å². The second kappa shape index (κ2) is 23.8. The van der Waals surface area contributed by atoms with Gasteiger partial charge in [0.1, 0.15) is 40.5 Å². The van der Waals surface area contributed by atoms with E-state index < -0.39 is 40.5 Å². The standard InChI is InChI=1S/C40H24N8O12S4.Ga.4Na.H2O/c49-61(50,51)17-13-21-5-1-9-25-29(21)37-41-33(25)45-38-30-22(14-18-62(52,53)54)6-2-10-26(30)35(42-38)47-40-32-24(16-20-64(58,59)60)8-4-12-28(32)36(44-40)48-39-31-23(15-19-63(55,56)57)7-3-11-27(31)34(43-39)46-37;;;;;;/h1-20H,(H4-2,41,42,43,44,45,46,47,48,49,50,51,52,53,54,55,56,57,58,59,60);;;;;;1H2/q-2;;4*+1;/p-4/b17-13+,18-14+,19-15+,20-16+;;;;;;. The molecule has 333 valence electrons. The molecule has 8 bridgehead atoms. The summed E-state index contributed by atoms with van der Waals surface area (Å²) in [4.78, 5) is 37.8. The van der Waals surface area contributed by atoms with Gasteiger partial charge in [0.2, 0.25) is 0 Å². The van der Waals surface area contributed by atoms with Crippen LogP contribution in [-0.2, 0) is 40.5 Å². The maximum atomic E-state index is 11.7. The van der Waals surface area contributed by atoms with Gasteiger partial charge in [0.15, 0.2) is 0 Å². The zero-order chi connectivity index (χ0) is 45.3. The molecule has 7 aromatic rings. The van der Waals surface area contributed by atoms with Gasteiger partial charge in [-0.3, -0.25) is 0 Å². The smallest absolute Gasteiger partial charge is 0.744 e. The molecule has 2 aliphatic rings. The molecule has 30 heteroatoms. The Labute approximate surface area is 499 Å². The molecule has 4 aromatic carbocycles. The van der Waals surface area contributed by atoms with Crippen molar-refractivity contribution in [3.63, 3.8) is 0 Å². The van der Waals surface area contributed by atoms with Gasteiger partial charge in [0, 0.05) is 97.0 Å². The zero-order valence-electron chi connectivity index (χ0n) is 36.7. The third kappa shape index (κ3) is 13.6. The van der Waals surface area contributed by atoms with Crippen molar-refractivity contribution in [1.29, 1.82) is 0 Å².